The van der Waals surface area contributed by atoms with E-state index in [0.717, 1.165) is 38.8 Å². The summed E-state index contributed by atoms with van der Waals surface area (Å²) in [5.74, 6) is 0.737. The summed E-state index contributed by atoms with van der Waals surface area (Å²) < 4.78 is 5.72. The van der Waals surface area contributed by atoms with Crippen molar-refractivity contribution in [1.82, 2.24) is 15.5 Å². The van der Waals surface area contributed by atoms with Crippen molar-refractivity contribution in [3.05, 3.63) is 35.9 Å². The number of halogens is 1. The molecule has 1 saturated carbocycles. The standard InChI is InChI=1S/C22H35N3O.ClH/c1-2-7-18(8-3-1)16-25-13-5-4-9-19(25)15-24-21-11-6-10-20(21)22-17-26-14-12-23-22;/h1-3,7-8,19-24H,4-6,9-17H2;1H. The number of rotatable bonds is 6. The lowest BCUT2D eigenvalue weighted by Gasteiger charge is -2.38. The highest BCUT2D eigenvalue weighted by atomic mass is 35.5. The maximum absolute atomic E-state index is 5.72. The van der Waals surface area contributed by atoms with Gasteiger partial charge in [0.25, 0.3) is 0 Å². The highest BCUT2D eigenvalue weighted by Crippen LogP contribution is 2.30. The lowest BCUT2D eigenvalue weighted by Crippen LogP contribution is -2.53. The fourth-order valence-electron chi connectivity index (χ4n) is 5.19. The van der Waals surface area contributed by atoms with Crippen LogP contribution in [0.2, 0.25) is 0 Å². The van der Waals surface area contributed by atoms with Crippen LogP contribution in [0.5, 0.6) is 0 Å². The largest absolute Gasteiger partial charge is 0.379 e. The summed E-state index contributed by atoms with van der Waals surface area (Å²) in [6, 6.07) is 12.9. The van der Waals surface area contributed by atoms with Gasteiger partial charge in [0, 0.05) is 37.8 Å². The Labute approximate surface area is 170 Å². The third kappa shape index (κ3) is 5.68. The Kier molecular flexibility index (Phi) is 8.41. The highest BCUT2D eigenvalue weighted by Gasteiger charge is 2.35. The molecule has 4 atom stereocenters. The van der Waals surface area contributed by atoms with Crippen molar-refractivity contribution < 1.29 is 4.74 Å². The second kappa shape index (κ2) is 10.8. The van der Waals surface area contributed by atoms with E-state index in [-0.39, 0.29) is 12.4 Å². The molecule has 5 heteroatoms. The van der Waals surface area contributed by atoms with E-state index in [1.165, 1.54) is 50.6 Å². The van der Waals surface area contributed by atoms with Crippen molar-refractivity contribution in [3.8, 4) is 0 Å². The van der Waals surface area contributed by atoms with Gasteiger partial charge in [-0.1, -0.05) is 43.2 Å². The Bertz CT molecular complexity index is 538. The molecule has 1 aliphatic carbocycles. The predicted molar refractivity (Wildman–Crippen MR) is 113 cm³/mol. The van der Waals surface area contributed by atoms with Gasteiger partial charge >= 0.3 is 0 Å². The first-order chi connectivity index (χ1) is 12.9. The zero-order chi connectivity index (χ0) is 17.6. The summed E-state index contributed by atoms with van der Waals surface area (Å²) in [7, 11) is 0. The van der Waals surface area contributed by atoms with Gasteiger partial charge in [-0.2, -0.15) is 0 Å². The first kappa shape index (κ1) is 21.1. The average molecular weight is 394 g/mol. The molecule has 1 aromatic rings. The van der Waals surface area contributed by atoms with Crippen molar-refractivity contribution in [3.63, 3.8) is 0 Å². The SMILES string of the molecule is Cl.c1ccc(CN2CCCCC2CNC2CCCC2C2COCCN2)cc1. The Morgan fingerprint density at radius 1 is 1.07 bits per heavy atom. The Morgan fingerprint density at radius 3 is 2.78 bits per heavy atom. The van der Waals surface area contributed by atoms with E-state index in [4.69, 9.17) is 4.74 Å². The first-order valence-corrected chi connectivity index (χ1v) is 10.7. The number of likely N-dealkylation sites (tertiary alicyclic amines) is 1. The zero-order valence-electron chi connectivity index (χ0n) is 16.4. The number of nitrogens with zero attached hydrogens (tertiary/aromatic N) is 1. The van der Waals surface area contributed by atoms with Crippen LogP contribution in [-0.2, 0) is 11.3 Å². The third-order valence-electron chi connectivity index (χ3n) is 6.63. The summed E-state index contributed by atoms with van der Waals surface area (Å²) in [6.45, 7) is 6.26. The molecule has 0 radical (unpaired) electrons. The van der Waals surface area contributed by atoms with Gasteiger partial charge < -0.3 is 15.4 Å². The molecule has 1 aromatic carbocycles. The van der Waals surface area contributed by atoms with Crippen molar-refractivity contribution in [2.24, 2.45) is 5.92 Å². The minimum absolute atomic E-state index is 0. The Hall–Kier alpha value is -0.650. The van der Waals surface area contributed by atoms with Crippen molar-refractivity contribution >= 4 is 12.4 Å². The van der Waals surface area contributed by atoms with Gasteiger partial charge in [0.05, 0.1) is 13.2 Å². The molecule has 3 fully saturated rings. The van der Waals surface area contributed by atoms with Crippen LogP contribution in [0.1, 0.15) is 44.1 Å². The van der Waals surface area contributed by atoms with E-state index in [1.807, 2.05) is 0 Å². The normalized spacial score (nSPS) is 32.1. The molecule has 2 N–H and O–H groups in total. The summed E-state index contributed by atoms with van der Waals surface area (Å²) in [6.07, 6.45) is 8.09. The van der Waals surface area contributed by atoms with Crippen molar-refractivity contribution in [1.29, 1.82) is 0 Å². The molecule has 27 heavy (non-hydrogen) atoms. The van der Waals surface area contributed by atoms with E-state index >= 15 is 0 Å². The van der Waals surface area contributed by atoms with Gasteiger partial charge in [-0.15, -0.1) is 12.4 Å². The van der Waals surface area contributed by atoms with Crippen molar-refractivity contribution in [2.75, 3.05) is 32.8 Å². The maximum atomic E-state index is 5.72. The highest BCUT2D eigenvalue weighted by molar-refractivity contribution is 5.85. The molecule has 2 saturated heterocycles. The van der Waals surface area contributed by atoms with E-state index in [2.05, 4.69) is 45.9 Å². The third-order valence-corrected chi connectivity index (χ3v) is 6.63. The molecular formula is C22H36ClN3O. The molecule has 4 nitrogen and oxygen atoms in total. The van der Waals surface area contributed by atoms with E-state index in [0.29, 0.717) is 18.1 Å². The number of piperidine rings is 1. The van der Waals surface area contributed by atoms with Crippen LogP contribution in [0.3, 0.4) is 0 Å². The number of ether oxygens (including phenoxy) is 1. The minimum Gasteiger partial charge on any atom is -0.379 e. The van der Waals surface area contributed by atoms with Crippen LogP contribution in [0.15, 0.2) is 30.3 Å². The topological polar surface area (TPSA) is 36.5 Å². The molecule has 2 aliphatic heterocycles. The summed E-state index contributed by atoms with van der Waals surface area (Å²) >= 11 is 0. The van der Waals surface area contributed by atoms with Crippen LogP contribution in [0, 0.1) is 5.92 Å². The molecule has 0 spiro atoms. The molecule has 4 unspecified atom stereocenters. The zero-order valence-corrected chi connectivity index (χ0v) is 17.3. The Balaban J connectivity index is 0.00000210. The van der Waals surface area contributed by atoms with Gasteiger partial charge in [0.1, 0.15) is 0 Å². The first-order valence-electron chi connectivity index (χ1n) is 10.7. The van der Waals surface area contributed by atoms with Crippen LogP contribution in [0.4, 0.5) is 0 Å². The minimum atomic E-state index is 0. The molecular weight excluding hydrogens is 358 g/mol. The molecule has 3 aliphatic rings. The van der Waals surface area contributed by atoms with Crippen LogP contribution in [0.25, 0.3) is 0 Å². The fraction of sp³-hybridized carbons (Fsp3) is 0.727. The molecule has 0 bridgehead atoms. The van der Waals surface area contributed by atoms with Gasteiger partial charge in [-0.3, -0.25) is 4.90 Å². The number of hydrogen-bond acceptors (Lipinski definition) is 4. The molecule has 4 rings (SSSR count). The Morgan fingerprint density at radius 2 is 1.96 bits per heavy atom. The summed E-state index contributed by atoms with van der Waals surface area (Å²) in [5, 5.41) is 7.67. The monoisotopic (exact) mass is 393 g/mol. The maximum Gasteiger partial charge on any atom is 0.0623 e. The lowest BCUT2D eigenvalue weighted by molar-refractivity contribution is 0.0512. The van der Waals surface area contributed by atoms with Gasteiger partial charge in [-0.25, -0.2) is 0 Å². The van der Waals surface area contributed by atoms with Crippen LogP contribution in [-0.4, -0.2) is 55.9 Å². The molecule has 0 aromatic heterocycles. The predicted octanol–water partition coefficient (Wildman–Crippen LogP) is 3.21. The summed E-state index contributed by atoms with van der Waals surface area (Å²) in [4.78, 5) is 2.71. The summed E-state index contributed by atoms with van der Waals surface area (Å²) in [5.41, 5.74) is 1.45. The number of nitrogens with one attached hydrogen (secondary N) is 2. The average Bonchev–Trinajstić information content (AvgIpc) is 3.17. The smallest absolute Gasteiger partial charge is 0.0623 e. The number of hydrogen-bond donors (Lipinski definition) is 2. The van der Waals surface area contributed by atoms with E-state index in [1.54, 1.807) is 0 Å². The van der Waals surface area contributed by atoms with Gasteiger partial charge in [-0.05, 0) is 43.7 Å². The number of morpholine rings is 1. The fourth-order valence-corrected chi connectivity index (χ4v) is 5.19. The van der Waals surface area contributed by atoms with E-state index < -0.39 is 0 Å². The van der Waals surface area contributed by atoms with Crippen molar-refractivity contribution in [2.45, 2.75) is 63.2 Å². The molecule has 0 amide bonds. The van der Waals surface area contributed by atoms with Gasteiger partial charge in [0.15, 0.2) is 0 Å². The quantitative estimate of drug-likeness (QED) is 0.778. The van der Waals surface area contributed by atoms with E-state index in [9.17, 15) is 0 Å². The van der Waals surface area contributed by atoms with Crippen LogP contribution < -0.4 is 10.6 Å². The lowest BCUT2D eigenvalue weighted by atomic mass is 9.93. The van der Waals surface area contributed by atoms with Gasteiger partial charge in [0.2, 0.25) is 0 Å². The second-order valence-corrected chi connectivity index (χ2v) is 8.35. The molecule has 152 valence electrons. The second-order valence-electron chi connectivity index (χ2n) is 8.35. The van der Waals surface area contributed by atoms with Crippen LogP contribution >= 0.6 is 12.4 Å². The molecule has 2 heterocycles. The number of benzene rings is 1.